The monoisotopic (exact) mass is 393 g/mol. The minimum absolute atomic E-state index is 0.137. The lowest BCUT2D eigenvalue weighted by atomic mass is 9.99. The first-order valence-corrected chi connectivity index (χ1v) is 9.46. The number of rotatable bonds is 11. The minimum Gasteiger partial charge on any atom is -0.382 e. The van der Waals surface area contributed by atoms with E-state index in [1.165, 1.54) is 0 Å². The van der Waals surface area contributed by atoms with Gasteiger partial charge < -0.3 is 20.6 Å². The summed E-state index contributed by atoms with van der Waals surface area (Å²) in [6.07, 6.45) is -0.875. The van der Waals surface area contributed by atoms with Crippen molar-refractivity contribution in [2.24, 2.45) is 5.73 Å². The Labute approximate surface area is 168 Å². The molecule has 0 aromatic heterocycles. The molecule has 2 atom stereocenters. The molecule has 0 spiro atoms. The number of aliphatic hydroxyl groups excluding tert-OH is 1. The van der Waals surface area contributed by atoms with E-state index in [1.807, 2.05) is 80.3 Å². The summed E-state index contributed by atoms with van der Waals surface area (Å²) >= 11 is 0. The van der Waals surface area contributed by atoms with Crippen molar-refractivity contribution in [1.82, 2.24) is 19.6 Å². The third-order valence-electron chi connectivity index (χ3n) is 4.67. The van der Waals surface area contributed by atoms with Crippen LogP contribution in [0.3, 0.4) is 0 Å². The Hall–Kier alpha value is -2.00. The maximum absolute atomic E-state index is 12.9. The van der Waals surface area contributed by atoms with Crippen molar-refractivity contribution < 1.29 is 14.7 Å². The number of nitrogens with zero attached hydrogens (tertiary/aromatic N) is 4. The van der Waals surface area contributed by atoms with Gasteiger partial charge in [0.05, 0.1) is 0 Å². The molecule has 158 valence electrons. The fraction of sp³-hybridized carbons (Fsp3) is 0.600. The van der Waals surface area contributed by atoms with E-state index in [9.17, 15) is 14.7 Å². The second-order valence-corrected chi connectivity index (χ2v) is 7.62. The summed E-state index contributed by atoms with van der Waals surface area (Å²) in [6.45, 7) is 2.06. The van der Waals surface area contributed by atoms with Gasteiger partial charge >= 0.3 is 6.03 Å². The van der Waals surface area contributed by atoms with Crippen LogP contribution in [-0.4, -0.2) is 110 Å². The molecule has 0 aliphatic rings. The highest BCUT2D eigenvalue weighted by atomic mass is 16.3. The molecule has 0 aliphatic heterocycles. The Bertz CT molecular complexity index is 609. The highest BCUT2D eigenvalue weighted by molar-refractivity contribution is 5.96. The topological polar surface area (TPSA) is 93.3 Å². The van der Waals surface area contributed by atoms with Gasteiger partial charge in [-0.05, 0) is 47.2 Å². The van der Waals surface area contributed by atoms with Crippen LogP contribution in [0.15, 0.2) is 30.3 Å². The average Bonchev–Trinajstić information content (AvgIpc) is 2.63. The number of nitrogens with two attached hydrogens (primary N) is 1. The maximum atomic E-state index is 12.9. The molecular weight excluding hydrogens is 358 g/mol. The second-order valence-electron chi connectivity index (χ2n) is 7.62. The third-order valence-corrected chi connectivity index (χ3v) is 4.67. The van der Waals surface area contributed by atoms with Gasteiger partial charge in [-0.15, -0.1) is 0 Å². The first kappa shape index (κ1) is 24.0. The Morgan fingerprint density at radius 2 is 1.46 bits per heavy atom. The predicted octanol–water partition coefficient (Wildman–Crippen LogP) is -0.0791. The fourth-order valence-corrected chi connectivity index (χ4v) is 2.84. The Morgan fingerprint density at radius 1 is 0.929 bits per heavy atom. The summed E-state index contributed by atoms with van der Waals surface area (Å²) in [7, 11) is 9.50. The van der Waals surface area contributed by atoms with E-state index in [2.05, 4.69) is 0 Å². The highest BCUT2D eigenvalue weighted by Gasteiger charge is 2.34. The van der Waals surface area contributed by atoms with Crippen molar-refractivity contribution in [3.8, 4) is 0 Å². The number of primary amides is 1. The minimum atomic E-state index is -1.36. The standard InChI is InChI=1S/C20H35N5O3/c1-22(2)11-13-24(5)17(15-16-9-7-6-8-10-16)18(26)19(27)25(20(21)28)14-12-23(3)4/h6-10,17-18,26H,11-15H2,1-5H3,(H2,21,28)/t17-,18+/m0/s1. The number of urea groups is 1. The Balaban J connectivity index is 3.01. The molecule has 0 fully saturated rings. The molecule has 1 aromatic carbocycles. The number of benzene rings is 1. The van der Waals surface area contributed by atoms with Crippen molar-refractivity contribution in [3.05, 3.63) is 35.9 Å². The van der Waals surface area contributed by atoms with Crippen LogP contribution < -0.4 is 5.73 Å². The molecule has 3 amide bonds. The number of hydrogen-bond acceptors (Lipinski definition) is 6. The summed E-state index contributed by atoms with van der Waals surface area (Å²) in [6, 6.07) is 8.37. The van der Waals surface area contributed by atoms with E-state index < -0.39 is 24.1 Å². The molecule has 28 heavy (non-hydrogen) atoms. The normalized spacial score (nSPS) is 13.8. The summed E-state index contributed by atoms with van der Waals surface area (Å²) in [5.41, 5.74) is 6.41. The predicted molar refractivity (Wildman–Crippen MR) is 111 cm³/mol. The van der Waals surface area contributed by atoms with Crippen LogP contribution >= 0.6 is 0 Å². The van der Waals surface area contributed by atoms with Crippen molar-refractivity contribution in [1.29, 1.82) is 0 Å². The number of aliphatic hydroxyl groups is 1. The van der Waals surface area contributed by atoms with Crippen LogP contribution in [0.25, 0.3) is 0 Å². The van der Waals surface area contributed by atoms with Crippen LogP contribution in [0, 0.1) is 0 Å². The van der Waals surface area contributed by atoms with Gasteiger partial charge in [0.25, 0.3) is 5.91 Å². The van der Waals surface area contributed by atoms with Crippen molar-refractivity contribution in [2.75, 3.05) is 61.4 Å². The van der Waals surface area contributed by atoms with Gasteiger partial charge in [-0.1, -0.05) is 30.3 Å². The largest absolute Gasteiger partial charge is 0.382 e. The third kappa shape index (κ3) is 7.93. The molecule has 0 heterocycles. The van der Waals surface area contributed by atoms with Crippen LogP contribution in [-0.2, 0) is 11.2 Å². The average molecular weight is 394 g/mol. The molecule has 8 nitrogen and oxygen atoms in total. The van der Waals surface area contributed by atoms with E-state index in [1.54, 1.807) is 0 Å². The molecule has 0 saturated carbocycles. The van der Waals surface area contributed by atoms with Crippen LogP contribution in [0.4, 0.5) is 4.79 Å². The smallest absolute Gasteiger partial charge is 0.321 e. The zero-order chi connectivity index (χ0) is 21.3. The van der Waals surface area contributed by atoms with E-state index in [-0.39, 0.29) is 6.54 Å². The van der Waals surface area contributed by atoms with Crippen LogP contribution in [0.2, 0.25) is 0 Å². The molecule has 0 saturated heterocycles. The van der Waals surface area contributed by atoms with Crippen molar-refractivity contribution in [3.63, 3.8) is 0 Å². The summed E-state index contributed by atoms with van der Waals surface area (Å²) < 4.78 is 0. The number of likely N-dealkylation sites (N-methyl/N-ethyl adjacent to an activating group) is 3. The number of hydrogen-bond donors (Lipinski definition) is 2. The van der Waals surface area contributed by atoms with E-state index >= 15 is 0 Å². The Kier molecular flexibility index (Phi) is 10.1. The van der Waals surface area contributed by atoms with Gasteiger partial charge in [-0.3, -0.25) is 14.6 Å². The molecule has 0 unspecified atom stereocenters. The van der Waals surface area contributed by atoms with E-state index in [0.717, 1.165) is 17.0 Å². The summed E-state index contributed by atoms with van der Waals surface area (Å²) in [5, 5.41) is 10.9. The van der Waals surface area contributed by atoms with E-state index in [4.69, 9.17) is 5.73 Å². The zero-order valence-corrected chi connectivity index (χ0v) is 17.7. The molecule has 0 radical (unpaired) electrons. The highest BCUT2D eigenvalue weighted by Crippen LogP contribution is 2.14. The SMILES string of the molecule is CN(C)CCN(C(N)=O)C(=O)[C@H](O)[C@H](Cc1ccccc1)N(C)CCN(C)C. The van der Waals surface area contributed by atoms with E-state index in [0.29, 0.717) is 19.5 Å². The van der Waals surface area contributed by atoms with Gasteiger partial charge in [0.2, 0.25) is 0 Å². The van der Waals surface area contributed by atoms with Gasteiger partial charge in [0, 0.05) is 32.2 Å². The lowest BCUT2D eigenvalue weighted by Gasteiger charge is -2.34. The number of carbonyl (C=O) groups excluding carboxylic acids is 2. The second kappa shape index (κ2) is 11.8. The van der Waals surface area contributed by atoms with Gasteiger partial charge in [0.15, 0.2) is 0 Å². The summed E-state index contributed by atoms with van der Waals surface area (Å²) in [4.78, 5) is 31.5. The molecule has 1 rings (SSSR count). The van der Waals surface area contributed by atoms with Crippen LogP contribution in [0.1, 0.15) is 5.56 Å². The van der Waals surface area contributed by atoms with Gasteiger partial charge in [-0.25, -0.2) is 4.79 Å². The lowest BCUT2D eigenvalue weighted by molar-refractivity contribution is -0.140. The Morgan fingerprint density at radius 3 is 1.96 bits per heavy atom. The quantitative estimate of drug-likeness (QED) is 0.546. The maximum Gasteiger partial charge on any atom is 0.321 e. The van der Waals surface area contributed by atoms with Crippen LogP contribution in [0.5, 0.6) is 0 Å². The van der Waals surface area contributed by atoms with Gasteiger partial charge in [0.1, 0.15) is 6.10 Å². The molecule has 1 aromatic rings. The number of amides is 3. The zero-order valence-electron chi connectivity index (χ0n) is 17.7. The number of imide groups is 1. The lowest BCUT2D eigenvalue weighted by Crippen LogP contribution is -2.55. The first-order valence-electron chi connectivity index (χ1n) is 9.46. The molecule has 0 aliphatic carbocycles. The molecular formula is C20H35N5O3. The molecule has 0 bridgehead atoms. The van der Waals surface area contributed by atoms with Crippen molar-refractivity contribution >= 4 is 11.9 Å². The summed E-state index contributed by atoms with van der Waals surface area (Å²) in [5.74, 6) is -0.660. The molecule has 3 N–H and O–H groups in total. The fourth-order valence-electron chi connectivity index (χ4n) is 2.84. The van der Waals surface area contributed by atoms with Gasteiger partial charge in [-0.2, -0.15) is 0 Å². The molecule has 8 heteroatoms. The van der Waals surface area contributed by atoms with Crippen molar-refractivity contribution in [2.45, 2.75) is 18.6 Å². The number of carbonyl (C=O) groups is 2. The first-order chi connectivity index (χ1) is 13.1.